The van der Waals surface area contributed by atoms with Crippen molar-refractivity contribution in [1.82, 2.24) is 0 Å². The van der Waals surface area contributed by atoms with E-state index < -0.39 is 0 Å². The number of nitrogens with two attached hydrogens (primary N) is 1. The first-order valence-electron chi connectivity index (χ1n) is 7.26. The molecule has 19 heavy (non-hydrogen) atoms. The molecule has 0 fully saturated rings. The standard InChI is InChI=1S/C16H26BrNO/c1-4-6-7-13(5-2)11-19-16-9-8-14(17)10-15(16)12(3)18/h8-10,12-13H,4-7,11,18H2,1-3H3/t12-,13?/m1/s1. The number of hydrogen-bond acceptors (Lipinski definition) is 2. The molecular formula is C16H26BrNO. The average Bonchev–Trinajstić information content (AvgIpc) is 2.40. The summed E-state index contributed by atoms with van der Waals surface area (Å²) in [5.41, 5.74) is 7.07. The summed E-state index contributed by atoms with van der Waals surface area (Å²) in [6.45, 7) is 7.25. The SMILES string of the molecule is CCCCC(CC)COc1ccc(Br)cc1[C@@H](C)N. The predicted molar refractivity (Wildman–Crippen MR) is 85.5 cm³/mol. The third-order valence-electron chi connectivity index (χ3n) is 3.48. The maximum atomic E-state index is 6.00. The highest BCUT2D eigenvalue weighted by atomic mass is 79.9. The maximum Gasteiger partial charge on any atom is 0.124 e. The zero-order chi connectivity index (χ0) is 14.3. The van der Waals surface area contributed by atoms with Crippen molar-refractivity contribution in [3.63, 3.8) is 0 Å². The molecule has 0 aromatic heterocycles. The third-order valence-corrected chi connectivity index (χ3v) is 3.97. The Kier molecular flexibility index (Phi) is 7.47. The Bertz CT molecular complexity index is 379. The molecule has 2 atom stereocenters. The summed E-state index contributed by atoms with van der Waals surface area (Å²) in [4.78, 5) is 0. The number of unbranched alkanes of at least 4 members (excludes halogenated alkanes) is 1. The predicted octanol–water partition coefficient (Wildman–Crippen LogP) is 5.06. The second kappa shape index (κ2) is 8.60. The minimum absolute atomic E-state index is 0.0109. The van der Waals surface area contributed by atoms with Crippen LogP contribution in [0.15, 0.2) is 22.7 Å². The van der Waals surface area contributed by atoms with Crippen molar-refractivity contribution in [3.8, 4) is 5.75 Å². The molecular weight excluding hydrogens is 302 g/mol. The molecule has 0 aliphatic rings. The summed E-state index contributed by atoms with van der Waals surface area (Å²) in [7, 11) is 0. The highest BCUT2D eigenvalue weighted by molar-refractivity contribution is 9.10. The van der Waals surface area contributed by atoms with E-state index in [2.05, 4.69) is 29.8 Å². The molecule has 2 N–H and O–H groups in total. The molecule has 0 heterocycles. The molecule has 1 unspecified atom stereocenters. The van der Waals surface area contributed by atoms with Gasteiger partial charge in [0.1, 0.15) is 5.75 Å². The number of ether oxygens (including phenoxy) is 1. The highest BCUT2D eigenvalue weighted by Gasteiger charge is 2.12. The first-order valence-corrected chi connectivity index (χ1v) is 8.05. The Balaban J connectivity index is 2.65. The fourth-order valence-corrected chi connectivity index (χ4v) is 2.49. The van der Waals surface area contributed by atoms with Crippen molar-refractivity contribution in [1.29, 1.82) is 0 Å². The normalized spacial score (nSPS) is 14.2. The van der Waals surface area contributed by atoms with Gasteiger partial charge in [0.25, 0.3) is 0 Å². The van der Waals surface area contributed by atoms with Gasteiger partial charge in [-0.3, -0.25) is 0 Å². The van der Waals surface area contributed by atoms with E-state index in [1.807, 2.05) is 25.1 Å². The van der Waals surface area contributed by atoms with E-state index in [1.165, 1.54) is 25.7 Å². The second-order valence-electron chi connectivity index (χ2n) is 5.20. The zero-order valence-electron chi connectivity index (χ0n) is 12.3. The average molecular weight is 328 g/mol. The molecule has 108 valence electrons. The molecule has 1 aromatic carbocycles. The monoisotopic (exact) mass is 327 g/mol. The topological polar surface area (TPSA) is 35.2 Å². The van der Waals surface area contributed by atoms with Gasteiger partial charge in [0.2, 0.25) is 0 Å². The smallest absolute Gasteiger partial charge is 0.124 e. The van der Waals surface area contributed by atoms with Crippen LogP contribution in [0.4, 0.5) is 0 Å². The summed E-state index contributed by atoms with van der Waals surface area (Å²) in [5.74, 6) is 1.57. The van der Waals surface area contributed by atoms with E-state index in [0.717, 1.165) is 22.4 Å². The van der Waals surface area contributed by atoms with Crippen LogP contribution in [0, 0.1) is 5.92 Å². The zero-order valence-corrected chi connectivity index (χ0v) is 13.9. The van der Waals surface area contributed by atoms with Crippen LogP contribution >= 0.6 is 15.9 Å². The van der Waals surface area contributed by atoms with Gasteiger partial charge >= 0.3 is 0 Å². The second-order valence-corrected chi connectivity index (χ2v) is 6.11. The third kappa shape index (κ3) is 5.53. The molecule has 0 spiro atoms. The van der Waals surface area contributed by atoms with Crippen LogP contribution in [0.25, 0.3) is 0 Å². The molecule has 0 bridgehead atoms. The van der Waals surface area contributed by atoms with Crippen molar-refractivity contribution < 1.29 is 4.74 Å². The number of halogens is 1. The number of rotatable bonds is 8. The van der Waals surface area contributed by atoms with Crippen LogP contribution in [0.2, 0.25) is 0 Å². The molecule has 0 aliphatic heterocycles. The first-order chi connectivity index (χ1) is 9.08. The molecule has 1 rings (SSSR count). The molecule has 1 aromatic rings. The van der Waals surface area contributed by atoms with Crippen molar-refractivity contribution in [2.24, 2.45) is 11.7 Å². The summed E-state index contributed by atoms with van der Waals surface area (Å²) in [6.07, 6.45) is 4.95. The Hall–Kier alpha value is -0.540. The van der Waals surface area contributed by atoms with E-state index in [1.54, 1.807) is 0 Å². The lowest BCUT2D eigenvalue weighted by molar-refractivity contribution is 0.231. The maximum absolute atomic E-state index is 6.00. The van der Waals surface area contributed by atoms with Crippen LogP contribution in [0.1, 0.15) is 58.1 Å². The summed E-state index contributed by atoms with van der Waals surface area (Å²) >= 11 is 3.48. The minimum Gasteiger partial charge on any atom is -0.493 e. The van der Waals surface area contributed by atoms with Crippen LogP contribution in [0.5, 0.6) is 5.75 Å². The van der Waals surface area contributed by atoms with Gasteiger partial charge in [-0.1, -0.05) is 49.0 Å². The Morgan fingerprint density at radius 3 is 2.63 bits per heavy atom. The summed E-state index contributed by atoms with van der Waals surface area (Å²) in [5, 5.41) is 0. The molecule has 0 saturated heterocycles. The van der Waals surface area contributed by atoms with Crippen LogP contribution in [-0.4, -0.2) is 6.61 Å². The Morgan fingerprint density at radius 2 is 2.05 bits per heavy atom. The van der Waals surface area contributed by atoms with Gasteiger partial charge in [0, 0.05) is 16.1 Å². The van der Waals surface area contributed by atoms with Crippen molar-refractivity contribution >= 4 is 15.9 Å². The summed E-state index contributed by atoms with van der Waals surface area (Å²) < 4.78 is 7.05. The minimum atomic E-state index is -0.0109. The molecule has 0 amide bonds. The van der Waals surface area contributed by atoms with Crippen LogP contribution in [0.3, 0.4) is 0 Å². The van der Waals surface area contributed by atoms with Crippen molar-refractivity contribution in [3.05, 3.63) is 28.2 Å². The fourth-order valence-electron chi connectivity index (χ4n) is 2.11. The number of hydrogen-bond donors (Lipinski definition) is 1. The van der Waals surface area contributed by atoms with Gasteiger partial charge in [-0.15, -0.1) is 0 Å². The lowest BCUT2D eigenvalue weighted by atomic mass is 10.0. The van der Waals surface area contributed by atoms with Gasteiger partial charge in [-0.05, 0) is 37.5 Å². The summed E-state index contributed by atoms with van der Waals surface area (Å²) in [6, 6.07) is 6.06. The van der Waals surface area contributed by atoms with E-state index in [-0.39, 0.29) is 6.04 Å². The van der Waals surface area contributed by atoms with Crippen molar-refractivity contribution in [2.45, 2.75) is 52.5 Å². The van der Waals surface area contributed by atoms with Gasteiger partial charge < -0.3 is 10.5 Å². The molecule has 3 heteroatoms. The molecule has 0 radical (unpaired) electrons. The van der Waals surface area contributed by atoms with Gasteiger partial charge in [-0.2, -0.15) is 0 Å². The highest BCUT2D eigenvalue weighted by Crippen LogP contribution is 2.28. The molecule has 2 nitrogen and oxygen atoms in total. The largest absolute Gasteiger partial charge is 0.493 e. The van der Waals surface area contributed by atoms with Gasteiger partial charge in [0.15, 0.2) is 0 Å². The van der Waals surface area contributed by atoms with Crippen LogP contribution in [-0.2, 0) is 0 Å². The first kappa shape index (κ1) is 16.5. The fraction of sp³-hybridized carbons (Fsp3) is 0.625. The quantitative estimate of drug-likeness (QED) is 0.723. The molecule has 0 aliphatic carbocycles. The van der Waals surface area contributed by atoms with Gasteiger partial charge in [-0.25, -0.2) is 0 Å². The van der Waals surface area contributed by atoms with Crippen molar-refractivity contribution in [2.75, 3.05) is 6.61 Å². The molecule has 0 saturated carbocycles. The van der Waals surface area contributed by atoms with E-state index >= 15 is 0 Å². The lowest BCUT2D eigenvalue weighted by Gasteiger charge is -2.19. The van der Waals surface area contributed by atoms with E-state index in [9.17, 15) is 0 Å². The number of benzene rings is 1. The van der Waals surface area contributed by atoms with E-state index in [0.29, 0.717) is 5.92 Å². The Labute approximate surface area is 125 Å². The van der Waals surface area contributed by atoms with Gasteiger partial charge in [0.05, 0.1) is 6.61 Å². The lowest BCUT2D eigenvalue weighted by Crippen LogP contribution is -2.14. The van der Waals surface area contributed by atoms with Crippen LogP contribution < -0.4 is 10.5 Å². The Morgan fingerprint density at radius 1 is 1.32 bits per heavy atom. The van der Waals surface area contributed by atoms with E-state index in [4.69, 9.17) is 10.5 Å².